The summed E-state index contributed by atoms with van der Waals surface area (Å²) in [5, 5.41) is 3.03. The van der Waals surface area contributed by atoms with E-state index in [9.17, 15) is 9.59 Å². The number of anilines is 1. The van der Waals surface area contributed by atoms with Crippen molar-refractivity contribution in [3.63, 3.8) is 0 Å². The van der Waals surface area contributed by atoms with Gasteiger partial charge in [0.25, 0.3) is 5.91 Å². The molecule has 0 saturated carbocycles. The molecule has 2 amide bonds. The van der Waals surface area contributed by atoms with Crippen LogP contribution in [0.25, 0.3) is 0 Å². The lowest BCUT2D eigenvalue weighted by Crippen LogP contribution is -2.40. The molecule has 2 unspecified atom stereocenters. The number of hydrogen-bond donors (Lipinski definition) is 2. The maximum atomic E-state index is 12.8. The van der Waals surface area contributed by atoms with Gasteiger partial charge in [0, 0.05) is 25.2 Å². The van der Waals surface area contributed by atoms with Crippen LogP contribution >= 0.6 is 0 Å². The number of nitrogens with one attached hydrogen (secondary N) is 1. The highest BCUT2D eigenvalue weighted by Gasteiger charge is 2.29. The largest absolute Gasteiger partial charge is 0.480 e. The third kappa shape index (κ3) is 4.02. The Labute approximate surface area is 164 Å². The molecule has 3 N–H and O–H groups in total. The van der Waals surface area contributed by atoms with E-state index in [0.29, 0.717) is 19.5 Å². The quantitative estimate of drug-likeness (QED) is 0.835. The zero-order chi connectivity index (χ0) is 19.5. The SMILES string of the molecule is NC(=O)C1CCCN(Cc2ccccc2NC(=O)C2Cc3ccccc3O2)C1. The number of nitrogens with zero attached hydrogens (tertiary/aromatic N) is 1. The highest BCUT2D eigenvalue weighted by molar-refractivity contribution is 5.95. The van der Waals surface area contributed by atoms with Crippen molar-refractivity contribution in [1.29, 1.82) is 0 Å². The van der Waals surface area contributed by atoms with Gasteiger partial charge in [-0.2, -0.15) is 0 Å². The second kappa shape index (κ2) is 8.02. The molecular formula is C22H25N3O3. The molecule has 1 fully saturated rings. The number of amides is 2. The van der Waals surface area contributed by atoms with Crippen molar-refractivity contribution < 1.29 is 14.3 Å². The number of carbonyl (C=O) groups excluding carboxylic acids is 2. The molecule has 2 aromatic carbocycles. The van der Waals surface area contributed by atoms with Gasteiger partial charge in [-0.15, -0.1) is 0 Å². The fourth-order valence-electron chi connectivity index (χ4n) is 3.99. The summed E-state index contributed by atoms with van der Waals surface area (Å²) in [5.41, 5.74) is 8.36. The Morgan fingerprint density at radius 2 is 1.93 bits per heavy atom. The Bertz CT molecular complexity index is 858. The molecule has 1 saturated heterocycles. The normalized spacial score (nSPS) is 21.6. The first kappa shape index (κ1) is 18.5. The van der Waals surface area contributed by atoms with E-state index in [4.69, 9.17) is 10.5 Å². The molecule has 6 heteroatoms. The van der Waals surface area contributed by atoms with E-state index in [1.165, 1.54) is 0 Å². The van der Waals surface area contributed by atoms with Crippen LogP contribution in [-0.2, 0) is 22.6 Å². The fraction of sp³-hybridized carbons (Fsp3) is 0.364. The number of primary amides is 1. The minimum absolute atomic E-state index is 0.0964. The maximum absolute atomic E-state index is 12.8. The number of rotatable bonds is 5. The first-order valence-electron chi connectivity index (χ1n) is 9.75. The molecule has 0 spiro atoms. The lowest BCUT2D eigenvalue weighted by Gasteiger charge is -2.31. The van der Waals surface area contributed by atoms with Crippen LogP contribution in [0.1, 0.15) is 24.0 Å². The molecule has 2 aliphatic heterocycles. The van der Waals surface area contributed by atoms with E-state index in [-0.39, 0.29) is 17.7 Å². The van der Waals surface area contributed by atoms with E-state index < -0.39 is 6.10 Å². The zero-order valence-corrected chi connectivity index (χ0v) is 15.8. The summed E-state index contributed by atoms with van der Waals surface area (Å²) >= 11 is 0. The van der Waals surface area contributed by atoms with Crippen molar-refractivity contribution in [3.05, 3.63) is 59.7 Å². The number of carbonyl (C=O) groups is 2. The summed E-state index contributed by atoms with van der Waals surface area (Å²) < 4.78 is 5.80. The molecule has 4 rings (SSSR count). The number of hydrogen-bond acceptors (Lipinski definition) is 4. The van der Waals surface area contributed by atoms with Crippen LogP contribution in [0, 0.1) is 5.92 Å². The maximum Gasteiger partial charge on any atom is 0.265 e. The van der Waals surface area contributed by atoms with Crippen molar-refractivity contribution in [2.45, 2.75) is 31.9 Å². The summed E-state index contributed by atoms with van der Waals surface area (Å²) in [4.78, 5) is 26.5. The molecular weight excluding hydrogens is 354 g/mol. The van der Waals surface area contributed by atoms with Gasteiger partial charge < -0.3 is 15.8 Å². The third-order valence-electron chi connectivity index (χ3n) is 5.52. The number of nitrogens with two attached hydrogens (primary N) is 1. The van der Waals surface area contributed by atoms with Gasteiger partial charge in [0.05, 0.1) is 5.92 Å². The monoisotopic (exact) mass is 379 g/mol. The summed E-state index contributed by atoms with van der Waals surface area (Å²) in [5.74, 6) is 0.309. The van der Waals surface area contributed by atoms with Crippen molar-refractivity contribution >= 4 is 17.5 Å². The number of para-hydroxylation sites is 2. The molecule has 0 radical (unpaired) electrons. The second-order valence-electron chi connectivity index (χ2n) is 7.54. The van der Waals surface area contributed by atoms with E-state index in [0.717, 1.165) is 42.0 Å². The van der Waals surface area contributed by atoms with Crippen LogP contribution in [0.2, 0.25) is 0 Å². The number of benzene rings is 2. The van der Waals surface area contributed by atoms with Crippen LogP contribution in [-0.4, -0.2) is 35.9 Å². The lowest BCUT2D eigenvalue weighted by molar-refractivity contribution is -0.123. The molecule has 2 aromatic rings. The Morgan fingerprint density at radius 3 is 2.75 bits per heavy atom. The molecule has 0 bridgehead atoms. The predicted octanol–water partition coefficient (Wildman–Crippen LogP) is 2.33. The van der Waals surface area contributed by atoms with Crippen LogP contribution in [0.15, 0.2) is 48.5 Å². The zero-order valence-electron chi connectivity index (χ0n) is 15.8. The van der Waals surface area contributed by atoms with Gasteiger partial charge in [-0.3, -0.25) is 14.5 Å². The number of piperidine rings is 1. The molecule has 6 nitrogen and oxygen atoms in total. The highest BCUT2D eigenvalue weighted by Crippen LogP contribution is 2.29. The van der Waals surface area contributed by atoms with Crippen molar-refractivity contribution in [2.24, 2.45) is 11.7 Å². The first-order valence-corrected chi connectivity index (χ1v) is 9.75. The Morgan fingerprint density at radius 1 is 1.14 bits per heavy atom. The van der Waals surface area contributed by atoms with Gasteiger partial charge >= 0.3 is 0 Å². The van der Waals surface area contributed by atoms with Gasteiger partial charge in [0.2, 0.25) is 5.91 Å². The standard InChI is InChI=1S/C22H25N3O3/c23-21(26)17-8-5-11-25(14-17)13-16-7-1-3-9-18(16)24-22(27)20-12-15-6-2-4-10-19(15)28-20/h1-4,6-7,9-10,17,20H,5,8,11-14H2,(H2,23,26)(H,24,27). The summed E-state index contributed by atoms with van der Waals surface area (Å²) in [6.45, 7) is 2.26. The van der Waals surface area contributed by atoms with E-state index in [2.05, 4.69) is 10.2 Å². The second-order valence-corrected chi connectivity index (χ2v) is 7.54. The van der Waals surface area contributed by atoms with E-state index in [1.54, 1.807) is 0 Å². The minimum Gasteiger partial charge on any atom is -0.480 e. The van der Waals surface area contributed by atoms with E-state index in [1.807, 2.05) is 48.5 Å². The van der Waals surface area contributed by atoms with Crippen molar-refractivity contribution in [2.75, 3.05) is 18.4 Å². The van der Waals surface area contributed by atoms with Gasteiger partial charge in [-0.25, -0.2) is 0 Å². The molecule has 146 valence electrons. The van der Waals surface area contributed by atoms with Crippen LogP contribution < -0.4 is 15.8 Å². The Balaban J connectivity index is 1.42. The van der Waals surface area contributed by atoms with Crippen molar-refractivity contribution in [3.8, 4) is 5.75 Å². The molecule has 0 aliphatic carbocycles. The number of ether oxygens (including phenoxy) is 1. The summed E-state index contributed by atoms with van der Waals surface area (Å²) in [6, 6.07) is 15.5. The van der Waals surface area contributed by atoms with E-state index >= 15 is 0 Å². The van der Waals surface area contributed by atoms with Gasteiger partial charge in [0.15, 0.2) is 6.10 Å². The number of fused-ring (bicyclic) bond motifs is 1. The summed E-state index contributed by atoms with van der Waals surface area (Å²) in [7, 11) is 0. The molecule has 28 heavy (non-hydrogen) atoms. The molecule has 0 aromatic heterocycles. The smallest absolute Gasteiger partial charge is 0.265 e. The highest BCUT2D eigenvalue weighted by atomic mass is 16.5. The lowest BCUT2D eigenvalue weighted by atomic mass is 9.97. The van der Waals surface area contributed by atoms with Gasteiger partial charge in [-0.1, -0.05) is 36.4 Å². The Hall–Kier alpha value is -2.86. The fourth-order valence-corrected chi connectivity index (χ4v) is 3.99. The predicted molar refractivity (Wildman–Crippen MR) is 107 cm³/mol. The molecule has 2 heterocycles. The van der Waals surface area contributed by atoms with Crippen LogP contribution in [0.3, 0.4) is 0 Å². The average Bonchev–Trinajstić information content (AvgIpc) is 3.14. The number of likely N-dealkylation sites (tertiary alicyclic amines) is 1. The average molecular weight is 379 g/mol. The van der Waals surface area contributed by atoms with Gasteiger partial charge in [0.1, 0.15) is 5.75 Å². The third-order valence-corrected chi connectivity index (χ3v) is 5.52. The van der Waals surface area contributed by atoms with Gasteiger partial charge in [-0.05, 0) is 42.6 Å². The first-order chi connectivity index (χ1) is 13.6. The van der Waals surface area contributed by atoms with Crippen LogP contribution in [0.5, 0.6) is 5.75 Å². The topological polar surface area (TPSA) is 84.7 Å². The van der Waals surface area contributed by atoms with Crippen molar-refractivity contribution in [1.82, 2.24) is 4.90 Å². The molecule has 2 atom stereocenters. The molecule has 2 aliphatic rings. The van der Waals surface area contributed by atoms with Crippen LogP contribution in [0.4, 0.5) is 5.69 Å². The minimum atomic E-state index is -0.514. The summed E-state index contributed by atoms with van der Waals surface area (Å²) in [6.07, 6.45) is 1.87. The Kier molecular flexibility index (Phi) is 5.30.